The highest BCUT2D eigenvalue weighted by atomic mass is 14.1. The van der Waals surface area contributed by atoms with Crippen LogP contribution in [-0.2, 0) is 12.8 Å². The van der Waals surface area contributed by atoms with E-state index in [-0.39, 0.29) is 0 Å². The van der Waals surface area contributed by atoms with E-state index in [0.29, 0.717) is 0 Å². The average molecular weight is 238 g/mol. The van der Waals surface area contributed by atoms with Gasteiger partial charge in [-0.2, -0.15) is 0 Å². The summed E-state index contributed by atoms with van der Waals surface area (Å²) in [6, 6.07) is 13.5. The molecule has 2 aromatic rings. The molecule has 0 N–H and O–H groups in total. The molecule has 0 amide bonds. The maximum atomic E-state index is 2.31. The van der Waals surface area contributed by atoms with Crippen molar-refractivity contribution in [2.24, 2.45) is 0 Å². The summed E-state index contributed by atoms with van der Waals surface area (Å²) in [5.74, 6) is 0. The lowest BCUT2D eigenvalue weighted by Crippen LogP contribution is -1.95. The van der Waals surface area contributed by atoms with E-state index < -0.39 is 0 Å². The Kier molecular flexibility index (Phi) is 3.86. The molecule has 0 aliphatic heterocycles. The van der Waals surface area contributed by atoms with E-state index in [1.807, 2.05) is 0 Å². The largest absolute Gasteiger partial charge is 0.0617 e. The lowest BCUT2D eigenvalue weighted by Gasteiger charge is -2.14. The zero-order chi connectivity index (χ0) is 13.1. The fourth-order valence-electron chi connectivity index (χ4n) is 2.73. The molecule has 0 heteroatoms. The molecule has 0 atom stereocenters. The summed E-state index contributed by atoms with van der Waals surface area (Å²) >= 11 is 0. The van der Waals surface area contributed by atoms with E-state index in [0.717, 1.165) is 12.8 Å². The maximum Gasteiger partial charge on any atom is -0.0120 e. The molecule has 2 rings (SSSR count). The average Bonchev–Trinajstić information content (AvgIpc) is 2.36. The number of benzene rings is 2. The molecule has 18 heavy (non-hydrogen) atoms. The molecule has 0 aliphatic carbocycles. The minimum atomic E-state index is 1.09. The monoisotopic (exact) mass is 238 g/mol. The minimum Gasteiger partial charge on any atom is -0.0617 e. The third kappa shape index (κ3) is 2.48. The van der Waals surface area contributed by atoms with Crippen molar-refractivity contribution in [1.82, 2.24) is 0 Å². The standard InChI is InChI=1S/C18H22/c1-5-15-8-7-9-16(6-2)18(15)17-11-13(3)10-14(4)12-17/h7-12H,5-6H2,1-4H3. The first-order chi connectivity index (χ1) is 8.65. The Labute approximate surface area is 111 Å². The second-order valence-electron chi connectivity index (χ2n) is 5.03. The summed E-state index contributed by atoms with van der Waals surface area (Å²) < 4.78 is 0. The van der Waals surface area contributed by atoms with Crippen molar-refractivity contribution in [3.05, 3.63) is 58.7 Å². The van der Waals surface area contributed by atoms with E-state index >= 15 is 0 Å². The molecule has 0 fully saturated rings. The van der Waals surface area contributed by atoms with Crippen molar-refractivity contribution in [2.75, 3.05) is 0 Å². The highest BCUT2D eigenvalue weighted by molar-refractivity contribution is 5.72. The van der Waals surface area contributed by atoms with Gasteiger partial charge >= 0.3 is 0 Å². The van der Waals surface area contributed by atoms with Crippen LogP contribution in [0.15, 0.2) is 36.4 Å². The van der Waals surface area contributed by atoms with Crippen molar-refractivity contribution in [2.45, 2.75) is 40.5 Å². The lowest BCUT2D eigenvalue weighted by molar-refractivity contribution is 1.09. The van der Waals surface area contributed by atoms with Gasteiger partial charge in [0.15, 0.2) is 0 Å². The fraction of sp³-hybridized carbons (Fsp3) is 0.333. The topological polar surface area (TPSA) is 0 Å². The summed E-state index contributed by atoms with van der Waals surface area (Å²) in [4.78, 5) is 0. The predicted octanol–water partition coefficient (Wildman–Crippen LogP) is 5.10. The number of hydrogen-bond donors (Lipinski definition) is 0. The van der Waals surface area contributed by atoms with Gasteiger partial charge in [-0.1, -0.05) is 61.4 Å². The van der Waals surface area contributed by atoms with Gasteiger partial charge < -0.3 is 0 Å². The van der Waals surface area contributed by atoms with E-state index in [1.165, 1.54) is 33.4 Å². The maximum absolute atomic E-state index is 2.31. The second-order valence-corrected chi connectivity index (χ2v) is 5.03. The smallest absolute Gasteiger partial charge is 0.0120 e. The van der Waals surface area contributed by atoms with Gasteiger partial charge in [0.1, 0.15) is 0 Å². The first-order valence-corrected chi connectivity index (χ1v) is 6.85. The van der Waals surface area contributed by atoms with E-state index in [9.17, 15) is 0 Å². The van der Waals surface area contributed by atoms with Crippen LogP contribution in [0.3, 0.4) is 0 Å². The summed E-state index contributed by atoms with van der Waals surface area (Å²) in [5.41, 5.74) is 8.44. The van der Waals surface area contributed by atoms with E-state index in [1.54, 1.807) is 0 Å². The molecule has 0 unspecified atom stereocenters. The molecule has 0 heterocycles. The van der Waals surface area contributed by atoms with Gasteiger partial charge in [0.25, 0.3) is 0 Å². The van der Waals surface area contributed by atoms with Crippen molar-refractivity contribution in [3.8, 4) is 11.1 Å². The molecular weight excluding hydrogens is 216 g/mol. The van der Waals surface area contributed by atoms with Crippen LogP contribution in [-0.4, -0.2) is 0 Å². The normalized spacial score (nSPS) is 10.7. The van der Waals surface area contributed by atoms with Gasteiger partial charge in [-0.15, -0.1) is 0 Å². The molecule has 0 radical (unpaired) electrons. The van der Waals surface area contributed by atoms with Crippen molar-refractivity contribution in [3.63, 3.8) is 0 Å². The highest BCUT2D eigenvalue weighted by Crippen LogP contribution is 2.30. The Morgan fingerprint density at radius 3 is 1.72 bits per heavy atom. The van der Waals surface area contributed by atoms with Crippen LogP contribution in [0.25, 0.3) is 11.1 Å². The van der Waals surface area contributed by atoms with Crippen LogP contribution in [0.5, 0.6) is 0 Å². The summed E-state index contributed by atoms with van der Waals surface area (Å²) in [7, 11) is 0. The van der Waals surface area contributed by atoms with Gasteiger partial charge in [0, 0.05) is 0 Å². The van der Waals surface area contributed by atoms with Crippen LogP contribution in [0, 0.1) is 13.8 Å². The zero-order valence-electron chi connectivity index (χ0n) is 11.9. The molecule has 0 saturated carbocycles. The summed E-state index contributed by atoms with van der Waals surface area (Å²) in [5, 5.41) is 0. The highest BCUT2D eigenvalue weighted by Gasteiger charge is 2.09. The molecule has 0 aromatic heterocycles. The van der Waals surface area contributed by atoms with Crippen molar-refractivity contribution < 1.29 is 0 Å². The molecule has 94 valence electrons. The van der Waals surface area contributed by atoms with Gasteiger partial charge in [0.2, 0.25) is 0 Å². The first kappa shape index (κ1) is 12.9. The van der Waals surface area contributed by atoms with Crippen LogP contribution in [0.2, 0.25) is 0 Å². The SMILES string of the molecule is CCc1cccc(CC)c1-c1cc(C)cc(C)c1. The minimum absolute atomic E-state index is 1.09. The molecular formula is C18H22. The van der Waals surface area contributed by atoms with E-state index in [2.05, 4.69) is 64.1 Å². The third-order valence-electron chi connectivity index (χ3n) is 3.51. The molecule has 0 spiro atoms. The Morgan fingerprint density at radius 2 is 1.28 bits per heavy atom. The molecule has 0 aliphatic rings. The van der Waals surface area contributed by atoms with Gasteiger partial charge in [-0.3, -0.25) is 0 Å². The number of aryl methyl sites for hydroxylation is 4. The lowest BCUT2D eigenvalue weighted by atomic mass is 9.90. The van der Waals surface area contributed by atoms with Gasteiger partial charge in [-0.05, 0) is 48.9 Å². The van der Waals surface area contributed by atoms with Crippen LogP contribution in [0.4, 0.5) is 0 Å². The Balaban J connectivity index is 2.68. The van der Waals surface area contributed by atoms with Crippen LogP contribution in [0.1, 0.15) is 36.1 Å². The van der Waals surface area contributed by atoms with Crippen molar-refractivity contribution >= 4 is 0 Å². The van der Waals surface area contributed by atoms with Crippen LogP contribution < -0.4 is 0 Å². The Bertz CT molecular complexity index is 507. The van der Waals surface area contributed by atoms with Gasteiger partial charge in [-0.25, -0.2) is 0 Å². The fourth-order valence-corrected chi connectivity index (χ4v) is 2.73. The molecule has 2 aromatic carbocycles. The van der Waals surface area contributed by atoms with E-state index in [4.69, 9.17) is 0 Å². The molecule has 0 nitrogen and oxygen atoms in total. The number of rotatable bonds is 3. The first-order valence-electron chi connectivity index (χ1n) is 6.85. The predicted molar refractivity (Wildman–Crippen MR) is 80.1 cm³/mol. The Morgan fingerprint density at radius 1 is 0.778 bits per heavy atom. The molecule has 0 saturated heterocycles. The zero-order valence-corrected chi connectivity index (χ0v) is 11.9. The quantitative estimate of drug-likeness (QED) is 0.698. The van der Waals surface area contributed by atoms with Gasteiger partial charge in [0.05, 0.1) is 0 Å². The summed E-state index contributed by atoms with van der Waals surface area (Å²) in [6.45, 7) is 8.83. The molecule has 0 bridgehead atoms. The van der Waals surface area contributed by atoms with Crippen LogP contribution >= 0.6 is 0 Å². The van der Waals surface area contributed by atoms with Crippen molar-refractivity contribution in [1.29, 1.82) is 0 Å². The summed E-state index contributed by atoms with van der Waals surface area (Å²) in [6.07, 6.45) is 2.19. The Hall–Kier alpha value is -1.56. The third-order valence-corrected chi connectivity index (χ3v) is 3.51. The second kappa shape index (κ2) is 5.39. The number of hydrogen-bond acceptors (Lipinski definition) is 0.